The summed E-state index contributed by atoms with van der Waals surface area (Å²) in [6.45, 7) is 9.37. The van der Waals surface area contributed by atoms with Crippen LogP contribution in [-0.4, -0.2) is 15.4 Å². The van der Waals surface area contributed by atoms with Gasteiger partial charge in [-0.2, -0.15) is 5.10 Å². The molecule has 118 valence electrons. The molecule has 0 bridgehead atoms. The van der Waals surface area contributed by atoms with Crippen molar-refractivity contribution < 1.29 is 4.74 Å². The number of nitrogens with zero attached hydrogens (tertiary/aromatic N) is 2. The van der Waals surface area contributed by atoms with Crippen molar-refractivity contribution in [3.63, 3.8) is 0 Å². The molecule has 0 aliphatic carbocycles. The maximum atomic E-state index is 5.93. The zero-order chi connectivity index (χ0) is 15.9. The third-order valence-electron chi connectivity index (χ3n) is 4.26. The standard InChI is InChI=1S/C18H25N3O/c1-12(16-11-21(5)20-13(16)2)19-10-14-6-7-17-15(8-14)9-18(3,4)22-17/h6-8,11-12,19H,9-10H2,1-5H3/t12-/m1/s1. The summed E-state index contributed by atoms with van der Waals surface area (Å²) in [4.78, 5) is 0. The number of benzene rings is 1. The molecule has 0 radical (unpaired) electrons. The molecule has 3 rings (SSSR count). The van der Waals surface area contributed by atoms with Gasteiger partial charge in [0.25, 0.3) is 0 Å². The molecule has 0 unspecified atom stereocenters. The summed E-state index contributed by atoms with van der Waals surface area (Å²) >= 11 is 0. The number of fused-ring (bicyclic) bond motifs is 1. The number of aryl methyl sites for hydroxylation is 2. The van der Waals surface area contributed by atoms with E-state index >= 15 is 0 Å². The van der Waals surface area contributed by atoms with Crippen LogP contribution < -0.4 is 10.1 Å². The largest absolute Gasteiger partial charge is 0.487 e. The Labute approximate surface area is 132 Å². The lowest BCUT2D eigenvalue weighted by atomic mass is 10.00. The van der Waals surface area contributed by atoms with Crippen LogP contribution in [0.5, 0.6) is 5.75 Å². The van der Waals surface area contributed by atoms with Crippen LogP contribution in [0.15, 0.2) is 24.4 Å². The molecular formula is C18H25N3O. The van der Waals surface area contributed by atoms with Crippen molar-refractivity contribution in [1.82, 2.24) is 15.1 Å². The van der Waals surface area contributed by atoms with E-state index in [1.807, 2.05) is 11.7 Å². The average molecular weight is 299 g/mol. The van der Waals surface area contributed by atoms with Crippen LogP contribution in [0.2, 0.25) is 0 Å². The fourth-order valence-electron chi connectivity index (χ4n) is 3.20. The molecule has 0 fully saturated rings. The van der Waals surface area contributed by atoms with Crippen molar-refractivity contribution in [2.75, 3.05) is 0 Å². The molecule has 0 saturated carbocycles. The van der Waals surface area contributed by atoms with Crippen molar-refractivity contribution in [3.8, 4) is 5.75 Å². The average Bonchev–Trinajstić information content (AvgIpc) is 2.92. The SMILES string of the molecule is Cc1nn(C)cc1[C@@H](C)NCc1ccc2c(c1)CC(C)(C)O2. The van der Waals surface area contributed by atoms with Crippen molar-refractivity contribution in [1.29, 1.82) is 0 Å². The van der Waals surface area contributed by atoms with Gasteiger partial charge in [-0.05, 0) is 44.9 Å². The molecule has 1 atom stereocenters. The molecule has 0 saturated heterocycles. The topological polar surface area (TPSA) is 39.1 Å². The summed E-state index contributed by atoms with van der Waals surface area (Å²) in [6.07, 6.45) is 3.07. The Morgan fingerprint density at radius 1 is 1.41 bits per heavy atom. The van der Waals surface area contributed by atoms with Crippen molar-refractivity contribution >= 4 is 0 Å². The molecule has 1 aromatic carbocycles. The van der Waals surface area contributed by atoms with E-state index in [4.69, 9.17) is 4.74 Å². The Kier molecular flexibility index (Phi) is 3.73. The van der Waals surface area contributed by atoms with Gasteiger partial charge >= 0.3 is 0 Å². The number of ether oxygens (including phenoxy) is 1. The van der Waals surface area contributed by atoms with Gasteiger partial charge in [0.15, 0.2) is 0 Å². The Bertz CT molecular complexity index is 688. The van der Waals surface area contributed by atoms with E-state index in [9.17, 15) is 0 Å². The second-order valence-corrected chi connectivity index (χ2v) is 6.93. The molecule has 4 heteroatoms. The Morgan fingerprint density at radius 3 is 2.86 bits per heavy atom. The summed E-state index contributed by atoms with van der Waals surface area (Å²) in [5.41, 5.74) is 4.89. The second kappa shape index (κ2) is 5.43. The number of hydrogen-bond acceptors (Lipinski definition) is 3. The zero-order valence-corrected chi connectivity index (χ0v) is 14.1. The van der Waals surface area contributed by atoms with E-state index in [0.29, 0.717) is 0 Å². The van der Waals surface area contributed by atoms with Crippen molar-refractivity contribution in [3.05, 3.63) is 46.8 Å². The van der Waals surface area contributed by atoms with Gasteiger partial charge in [-0.3, -0.25) is 4.68 Å². The van der Waals surface area contributed by atoms with E-state index in [1.54, 1.807) is 0 Å². The Balaban J connectivity index is 1.67. The van der Waals surface area contributed by atoms with Crippen LogP contribution in [0, 0.1) is 6.92 Å². The monoisotopic (exact) mass is 299 g/mol. The summed E-state index contributed by atoms with van der Waals surface area (Å²) < 4.78 is 7.80. The van der Waals surface area contributed by atoms with Crippen LogP contribution in [0.25, 0.3) is 0 Å². The lowest BCUT2D eigenvalue weighted by Gasteiger charge is -2.16. The predicted molar refractivity (Wildman–Crippen MR) is 88.1 cm³/mol. The number of aromatic nitrogens is 2. The fraction of sp³-hybridized carbons (Fsp3) is 0.500. The van der Waals surface area contributed by atoms with Gasteiger partial charge in [0, 0.05) is 37.8 Å². The molecule has 1 aromatic heterocycles. The molecule has 2 heterocycles. The first-order valence-corrected chi connectivity index (χ1v) is 7.88. The highest BCUT2D eigenvalue weighted by atomic mass is 16.5. The highest BCUT2D eigenvalue weighted by Gasteiger charge is 2.29. The molecule has 0 spiro atoms. The molecule has 1 aliphatic heterocycles. The van der Waals surface area contributed by atoms with Gasteiger partial charge in [0.1, 0.15) is 11.4 Å². The normalized spacial score (nSPS) is 17.1. The third kappa shape index (κ3) is 3.02. The first kappa shape index (κ1) is 15.1. The first-order chi connectivity index (χ1) is 10.3. The fourth-order valence-corrected chi connectivity index (χ4v) is 3.20. The summed E-state index contributed by atoms with van der Waals surface area (Å²) in [5.74, 6) is 1.03. The lowest BCUT2D eigenvalue weighted by Crippen LogP contribution is -2.24. The summed E-state index contributed by atoms with van der Waals surface area (Å²) in [5, 5.41) is 8.00. The molecule has 4 nitrogen and oxygen atoms in total. The van der Waals surface area contributed by atoms with Gasteiger partial charge in [0.2, 0.25) is 0 Å². The highest BCUT2D eigenvalue weighted by Crippen LogP contribution is 2.35. The van der Waals surface area contributed by atoms with E-state index in [-0.39, 0.29) is 11.6 Å². The minimum absolute atomic E-state index is 0.0749. The van der Waals surface area contributed by atoms with Gasteiger partial charge in [-0.1, -0.05) is 12.1 Å². The molecule has 1 N–H and O–H groups in total. The number of rotatable bonds is 4. The second-order valence-electron chi connectivity index (χ2n) is 6.93. The molecule has 1 aliphatic rings. The Hall–Kier alpha value is -1.81. The third-order valence-corrected chi connectivity index (χ3v) is 4.26. The van der Waals surface area contributed by atoms with E-state index in [2.05, 4.69) is 62.5 Å². The van der Waals surface area contributed by atoms with Crippen LogP contribution in [0.1, 0.15) is 49.2 Å². The highest BCUT2D eigenvalue weighted by molar-refractivity contribution is 5.41. The predicted octanol–water partition coefficient (Wildman–Crippen LogP) is 3.29. The molecular weight excluding hydrogens is 274 g/mol. The molecule has 0 amide bonds. The quantitative estimate of drug-likeness (QED) is 0.941. The smallest absolute Gasteiger partial charge is 0.123 e. The van der Waals surface area contributed by atoms with Gasteiger partial charge in [-0.25, -0.2) is 0 Å². The van der Waals surface area contributed by atoms with E-state index in [1.165, 1.54) is 16.7 Å². The van der Waals surface area contributed by atoms with E-state index in [0.717, 1.165) is 24.4 Å². The van der Waals surface area contributed by atoms with Gasteiger partial charge in [0.05, 0.1) is 5.69 Å². The van der Waals surface area contributed by atoms with Gasteiger partial charge < -0.3 is 10.1 Å². The van der Waals surface area contributed by atoms with Crippen LogP contribution in [0.4, 0.5) is 0 Å². The maximum absolute atomic E-state index is 5.93. The van der Waals surface area contributed by atoms with Gasteiger partial charge in [-0.15, -0.1) is 0 Å². The number of hydrogen-bond donors (Lipinski definition) is 1. The summed E-state index contributed by atoms with van der Waals surface area (Å²) in [6, 6.07) is 6.80. The maximum Gasteiger partial charge on any atom is 0.123 e. The molecule has 22 heavy (non-hydrogen) atoms. The van der Waals surface area contributed by atoms with Crippen LogP contribution in [0.3, 0.4) is 0 Å². The van der Waals surface area contributed by atoms with Crippen LogP contribution in [-0.2, 0) is 20.0 Å². The Morgan fingerprint density at radius 2 is 2.18 bits per heavy atom. The minimum Gasteiger partial charge on any atom is -0.487 e. The minimum atomic E-state index is -0.0749. The van der Waals surface area contributed by atoms with Crippen molar-refractivity contribution in [2.24, 2.45) is 7.05 Å². The van der Waals surface area contributed by atoms with Crippen molar-refractivity contribution in [2.45, 2.75) is 52.3 Å². The number of nitrogens with one attached hydrogen (secondary N) is 1. The van der Waals surface area contributed by atoms with E-state index < -0.39 is 0 Å². The zero-order valence-electron chi connectivity index (χ0n) is 14.1. The first-order valence-electron chi connectivity index (χ1n) is 7.88. The van der Waals surface area contributed by atoms with Crippen LogP contribution >= 0.6 is 0 Å². The summed E-state index contributed by atoms with van der Waals surface area (Å²) in [7, 11) is 1.96. The molecule has 2 aromatic rings. The lowest BCUT2D eigenvalue weighted by molar-refractivity contribution is 0.138.